The zero-order valence-corrected chi connectivity index (χ0v) is 16.6. The number of rotatable bonds is 8. The molecule has 2 rings (SSSR count). The van der Waals surface area contributed by atoms with Crippen LogP contribution in [0, 0.1) is 6.92 Å². The van der Waals surface area contributed by atoms with E-state index in [1.807, 2.05) is 13.0 Å². The quantitative estimate of drug-likeness (QED) is 0.640. The molecule has 7 nitrogen and oxygen atoms in total. The van der Waals surface area contributed by atoms with Crippen molar-refractivity contribution in [3.05, 3.63) is 59.7 Å². The molecule has 0 unspecified atom stereocenters. The molecule has 0 aliphatic carbocycles. The summed E-state index contributed by atoms with van der Waals surface area (Å²) in [6.45, 7) is 1.51. The van der Waals surface area contributed by atoms with Crippen molar-refractivity contribution in [1.82, 2.24) is 5.32 Å². The van der Waals surface area contributed by atoms with Crippen molar-refractivity contribution >= 4 is 23.5 Å². The molecule has 30 heavy (non-hydrogen) atoms. The number of benzene rings is 2. The fraction of sp³-hybridized carbons (Fsp3) is 0.286. The molecular formula is C21H22F2N2O5. The maximum atomic E-state index is 12.5. The van der Waals surface area contributed by atoms with Crippen LogP contribution in [0.25, 0.3) is 0 Å². The number of aryl methyl sites for hydroxylation is 1. The lowest BCUT2D eigenvalue weighted by atomic mass is 10.1. The zero-order valence-electron chi connectivity index (χ0n) is 16.6. The van der Waals surface area contributed by atoms with Gasteiger partial charge in [0.2, 0.25) is 0 Å². The van der Waals surface area contributed by atoms with Crippen LogP contribution in [0.1, 0.15) is 29.8 Å². The van der Waals surface area contributed by atoms with E-state index in [0.717, 1.165) is 5.56 Å². The van der Waals surface area contributed by atoms with Gasteiger partial charge in [0.15, 0.2) is 6.10 Å². The number of hydrogen-bond donors (Lipinski definition) is 2. The van der Waals surface area contributed by atoms with Crippen LogP contribution in [-0.4, -0.2) is 36.5 Å². The minimum absolute atomic E-state index is 0.00602. The molecule has 0 bridgehead atoms. The van der Waals surface area contributed by atoms with E-state index in [4.69, 9.17) is 4.74 Å². The average Bonchev–Trinajstić information content (AvgIpc) is 2.68. The van der Waals surface area contributed by atoms with Crippen molar-refractivity contribution in [3.63, 3.8) is 0 Å². The first-order valence-corrected chi connectivity index (χ1v) is 9.10. The van der Waals surface area contributed by atoms with Crippen molar-refractivity contribution in [3.8, 4) is 5.75 Å². The van der Waals surface area contributed by atoms with E-state index in [1.165, 1.54) is 38.1 Å². The maximum absolute atomic E-state index is 12.5. The van der Waals surface area contributed by atoms with E-state index in [-0.39, 0.29) is 11.4 Å². The monoisotopic (exact) mass is 420 g/mol. The van der Waals surface area contributed by atoms with Gasteiger partial charge in [0.25, 0.3) is 11.8 Å². The second-order valence-electron chi connectivity index (χ2n) is 6.51. The third kappa shape index (κ3) is 6.54. The minimum Gasteiger partial charge on any atom is -0.451 e. The second-order valence-corrected chi connectivity index (χ2v) is 6.51. The Morgan fingerprint density at radius 2 is 1.70 bits per heavy atom. The lowest BCUT2D eigenvalue weighted by Crippen LogP contribution is -2.42. The highest BCUT2D eigenvalue weighted by Gasteiger charge is 2.24. The number of hydrogen-bond acceptors (Lipinski definition) is 5. The first-order chi connectivity index (χ1) is 14.2. The van der Waals surface area contributed by atoms with Gasteiger partial charge in [-0.2, -0.15) is 8.78 Å². The number of alkyl halides is 2. The number of nitrogens with one attached hydrogen (secondary N) is 2. The number of carbonyl (C=O) groups is 3. The topological polar surface area (TPSA) is 93.7 Å². The van der Waals surface area contributed by atoms with E-state index in [9.17, 15) is 23.2 Å². The molecule has 9 heteroatoms. The van der Waals surface area contributed by atoms with Crippen LogP contribution in [0.3, 0.4) is 0 Å². The Kier molecular flexibility index (Phi) is 7.85. The molecule has 0 heterocycles. The standard InChI is InChI=1S/C21H22F2N2O5/c1-12-7-6-8-15(11-12)19(27)24-13(2)20(28)29-14(3)18(26)25-16-9-4-5-10-17(16)30-21(22)23/h4-11,13-14,21H,1-3H3,(H,24,27)(H,25,26)/t13-,14-/m0/s1. The molecule has 2 aromatic carbocycles. The predicted octanol–water partition coefficient (Wildman–Crippen LogP) is 3.29. The Morgan fingerprint density at radius 1 is 1.00 bits per heavy atom. The summed E-state index contributed by atoms with van der Waals surface area (Å²) in [7, 11) is 0. The highest BCUT2D eigenvalue weighted by molar-refractivity contribution is 5.98. The smallest absolute Gasteiger partial charge is 0.387 e. The largest absolute Gasteiger partial charge is 0.451 e. The van der Waals surface area contributed by atoms with Crippen molar-refractivity contribution in [2.45, 2.75) is 39.5 Å². The zero-order chi connectivity index (χ0) is 22.3. The molecule has 0 saturated heterocycles. The van der Waals surface area contributed by atoms with E-state index in [1.54, 1.807) is 18.2 Å². The van der Waals surface area contributed by atoms with Crippen LogP contribution in [0.4, 0.5) is 14.5 Å². The fourth-order valence-electron chi connectivity index (χ4n) is 2.46. The van der Waals surface area contributed by atoms with Crippen LogP contribution in [-0.2, 0) is 14.3 Å². The number of anilines is 1. The van der Waals surface area contributed by atoms with Gasteiger partial charge in [0, 0.05) is 5.56 Å². The molecular weight excluding hydrogens is 398 g/mol. The van der Waals surface area contributed by atoms with Crippen LogP contribution in [0.2, 0.25) is 0 Å². The van der Waals surface area contributed by atoms with Gasteiger partial charge >= 0.3 is 12.6 Å². The Labute approximate surface area is 172 Å². The summed E-state index contributed by atoms with van der Waals surface area (Å²) in [4.78, 5) is 36.7. The molecule has 2 N–H and O–H groups in total. The van der Waals surface area contributed by atoms with Crippen LogP contribution in [0.15, 0.2) is 48.5 Å². The van der Waals surface area contributed by atoms with Gasteiger partial charge in [-0.05, 0) is 45.0 Å². The predicted molar refractivity (Wildman–Crippen MR) is 105 cm³/mol. The van der Waals surface area contributed by atoms with Crippen LogP contribution < -0.4 is 15.4 Å². The average molecular weight is 420 g/mol. The Bertz CT molecular complexity index is 920. The Hall–Kier alpha value is -3.49. The lowest BCUT2D eigenvalue weighted by molar-refractivity contribution is -0.154. The molecule has 0 spiro atoms. The molecule has 0 saturated carbocycles. The van der Waals surface area contributed by atoms with E-state index in [0.29, 0.717) is 5.56 Å². The van der Waals surface area contributed by atoms with Crippen molar-refractivity contribution in [2.24, 2.45) is 0 Å². The molecule has 0 aliphatic rings. The summed E-state index contributed by atoms with van der Waals surface area (Å²) in [5.41, 5.74) is 1.28. The van der Waals surface area contributed by atoms with E-state index >= 15 is 0 Å². The van der Waals surface area contributed by atoms with Crippen molar-refractivity contribution in [1.29, 1.82) is 0 Å². The molecule has 0 aromatic heterocycles. The summed E-state index contributed by atoms with van der Waals surface area (Å²) in [6.07, 6.45) is -1.24. The molecule has 0 radical (unpaired) electrons. The Balaban J connectivity index is 1.93. The number of amides is 2. The van der Waals surface area contributed by atoms with Gasteiger partial charge in [-0.15, -0.1) is 0 Å². The normalized spacial score (nSPS) is 12.6. The van der Waals surface area contributed by atoms with Gasteiger partial charge in [-0.3, -0.25) is 9.59 Å². The summed E-state index contributed by atoms with van der Waals surface area (Å²) in [5, 5.41) is 4.87. The third-order valence-electron chi connectivity index (χ3n) is 4.00. The highest BCUT2D eigenvalue weighted by Crippen LogP contribution is 2.25. The van der Waals surface area contributed by atoms with Gasteiger partial charge in [-0.1, -0.05) is 29.8 Å². The summed E-state index contributed by atoms with van der Waals surface area (Å²) in [6, 6.07) is 11.4. The second kappa shape index (κ2) is 10.3. The van der Waals surface area contributed by atoms with Gasteiger partial charge in [0.1, 0.15) is 11.8 Å². The molecule has 2 atom stereocenters. The number of para-hydroxylation sites is 2. The number of carbonyl (C=O) groups excluding carboxylic acids is 3. The lowest BCUT2D eigenvalue weighted by Gasteiger charge is -2.18. The summed E-state index contributed by atoms with van der Waals surface area (Å²) in [5.74, 6) is -2.25. The van der Waals surface area contributed by atoms with Crippen LogP contribution in [0.5, 0.6) is 5.75 Å². The maximum Gasteiger partial charge on any atom is 0.387 e. The first-order valence-electron chi connectivity index (χ1n) is 9.10. The number of ether oxygens (including phenoxy) is 2. The molecule has 0 aliphatic heterocycles. The van der Waals surface area contributed by atoms with Crippen molar-refractivity contribution < 1.29 is 32.6 Å². The molecule has 160 valence electrons. The third-order valence-corrected chi connectivity index (χ3v) is 4.00. The van der Waals surface area contributed by atoms with Crippen LogP contribution >= 0.6 is 0 Å². The number of halogens is 2. The SMILES string of the molecule is Cc1cccc(C(=O)N[C@@H](C)C(=O)O[C@@H](C)C(=O)Nc2ccccc2OC(F)F)c1. The molecule has 2 aromatic rings. The highest BCUT2D eigenvalue weighted by atomic mass is 19.3. The molecule has 0 fully saturated rings. The summed E-state index contributed by atoms with van der Waals surface area (Å²) < 4.78 is 34.3. The molecule has 2 amide bonds. The van der Waals surface area contributed by atoms with Gasteiger partial charge in [0.05, 0.1) is 5.69 Å². The first kappa shape index (κ1) is 22.8. The van der Waals surface area contributed by atoms with Gasteiger partial charge < -0.3 is 20.1 Å². The minimum atomic E-state index is -3.06. The van der Waals surface area contributed by atoms with Crippen molar-refractivity contribution in [2.75, 3.05) is 5.32 Å². The van der Waals surface area contributed by atoms with E-state index in [2.05, 4.69) is 15.4 Å². The summed E-state index contributed by atoms with van der Waals surface area (Å²) >= 11 is 0. The Morgan fingerprint density at radius 3 is 2.37 bits per heavy atom. The number of esters is 1. The van der Waals surface area contributed by atoms with E-state index < -0.39 is 36.5 Å². The fourth-order valence-corrected chi connectivity index (χ4v) is 2.46. The van der Waals surface area contributed by atoms with Gasteiger partial charge in [-0.25, -0.2) is 4.79 Å².